The van der Waals surface area contributed by atoms with Crippen molar-refractivity contribution in [1.82, 2.24) is 20.0 Å². The van der Waals surface area contributed by atoms with E-state index in [-0.39, 0.29) is 29.6 Å². The summed E-state index contributed by atoms with van der Waals surface area (Å²) in [7, 11) is 1.47. The lowest BCUT2D eigenvalue weighted by atomic mass is 10.3. The average molecular weight is 236 g/mol. The Kier molecular flexibility index (Phi) is 2.90. The quantitative estimate of drug-likeness (QED) is 0.633. The van der Waals surface area contributed by atoms with Gasteiger partial charge in [0.25, 0.3) is 11.5 Å². The Bertz CT molecular complexity index is 523. The van der Waals surface area contributed by atoms with Gasteiger partial charge in [0.15, 0.2) is 0 Å². The number of hydrogen-bond donors (Lipinski definition) is 1. The van der Waals surface area contributed by atoms with E-state index in [9.17, 15) is 14.4 Å². The monoisotopic (exact) mass is 236 g/mol. The van der Waals surface area contributed by atoms with Crippen molar-refractivity contribution < 1.29 is 9.59 Å². The van der Waals surface area contributed by atoms with Crippen molar-refractivity contribution in [3.05, 3.63) is 28.2 Å². The molecular formula is C10H12N4O3. The number of nitrogens with one attached hydrogen (secondary N) is 1. The number of aromatic nitrogens is 2. The van der Waals surface area contributed by atoms with Crippen molar-refractivity contribution in [3.8, 4) is 0 Å². The van der Waals surface area contributed by atoms with Gasteiger partial charge in [-0.15, -0.1) is 0 Å². The molecule has 1 saturated heterocycles. The highest BCUT2D eigenvalue weighted by atomic mass is 16.2. The first-order valence-electron chi connectivity index (χ1n) is 5.18. The summed E-state index contributed by atoms with van der Waals surface area (Å²) in [5.41, 5.74) is -0.111. The maximum atomic E-state index is 12.0. The van der Waals surface area contributed by atoms with Gasteiger partial charge in [-0.1, -0.05) is 0 Å². The summed E-state index contributed by atoms with van der Waals surface area (Å²) in [4.78, 5) is 35.7. The summed E-state index contributed by atoms with van der Waals surface area (Å²) >= 11 is 0. The molecule has 1 aliphatic heterocycles. The first kappa shape index (κ1) is 11.3. The van der Waals surface area contributed by atoms with Gasteiger partial charge in [0, 0.05) is 26.2 Å². The van der Waals surface area contributed by atoms with E-state index in [2.05, 4.69) is 10.4 Å². The Morgan fingerprint density at radius 3 is 2.82 bits per heavy atom. The van der Waals surface area contributed by atoms with E-state index >= 15 is 0 Å². The van der Waals surface area contributed by atoms with Crippen LogP contribution >= 0.6 is 0 Å². The van der Waals surface area contributed by atoms with Crippen LogP contribution in [0.5, 0.6) is 0 Å². The second-order valence-corrected chi connectivity index (χ2v) is 3.76. The van der Waals surface area contributed by atoms with Crippen LogP contribution in [0.15, 0.2) is 16.9 Å². The molecule has 0 radical (unpaired) electrons. The van der Waals surface area contributed by atoms with Gasteiger partial charge in [0.2, 0.25) is 5.91 Å². The minimum absolute atomic E-state index is 0.0311. The molecule has 0 aliphatic carbocycles. The molecule has 7 nitrogen and oxygen atoms in total. The van der Waals surface area contributed by atoms with Crippen LogP contribution in [0.4, 0.5) is 0 Å². The van der Waals surface area contributed by atoms with Gasteiger partial charge in [-0.05, 0) is 6.07 Å². The maximum Gasteiger partial charge on any atom is 0.274 e. The first-order valence-corrected chi connectivity index (χ1v) is 5.18. The third-order valence-corrected chi connectivity index (χ3v) is 2.51. The second-order valence-electron chi connectivity index (χ2n) is 3.76. The summed E-state index contributed by atoms with van der Waals surface area (Å²) in [6.45, 7) is 0.925. The number of hydrogen-bond acceptors (Lipinski definition) is 4. The molecule has 0 aromatic carbocycles. The Labute approximate surface area is 97.0 Å². The number of carbonyl (C=O) groups is 2. The molecule has 0 unspecified atom stereocenters. The number of rotatable bonds is 1. The molecule has 1 N–H and O–H groups in total. The van der Waals surface area contributed by atoms with E-state index in [1.165, 1.54) is 24.1 Å². The summed E-state index contributed by atoms with van der Waals surface area (Å²) in [5, 5.41) is 6.48. The molecule has 0 atom stereocenters. The predicted molar refractivity (Wildman–Crippen MR) is 58.4 cm³/mol. The minimum atomic E-state index is -0.338. The molecule has 2 heterocycles. The van der Waals surface area contributed by atoms with Crippen molar-refractivity contribution >= 4 is 11.8 Å². The van der Waals surface area contributed by atoms with Crippen LogP contribution in [-0.4, -0.2) is 46.1 Å². The smallest absolute Gasteiger partial charge is 0.274 e. The van der Waals surface area contributed by atoms with Crippen molar-refractivity contribution in [2.45, 2.75) is 0 Å². The van der Waals surface area contributed by atoms with Gasteiger partial charge in [0.05, 0.1) is 6.54 Å². The molecular weight excluding hydrogens is 224 g/mol. The number of amides is 2. The van der Waals surface area contributed by atoms with E-state index in [1.807, 2.05) is 0 Å². The lowest BCUT2D eigenvalue weighted by Crippen LogP contribution is -2.50. The molecule has 90 valence electrons. The van der Waals surface area contributed by atoms with Gasteiger partial charge < -0.3 is 10.2 Å². The van der Waals surface area contributed by atoms with Gasteiger partial charge in [0.1, 0.15) is 5.69 Å². The van der Waals surface area contributed by atoms with Crippen LogP contribution in [0.25, 0.3) is 0 Å². The molecule has 1 aromatic rings. The van der Waals surface area contributed by atoms with Gasteiger partial charge in [-0.2, -0.15) is 5.10 Å². The van der Waals surface area contributed by atoms with E-state index in [0.29, 0.717) is 13.1 Å². The Morgan fingerprint density at radius 1 is 1.41 bits per heavy atom. The fourth-order valence-electron chi connectivity index (χ4n) is 1.59. The topological polar surface area (TPSA) is 84.3 Å². The molecule has 1 fully saturated rings. The summed E-state index contributed by atoms with van der Waals surface area (Å²) < 4.78 is 1.09. The summed E-state index contributed by atoms with van der Waals surface area (Å²) in [5.74, 6) is -0.523. The van der Waals surface area contributed by atoms with Crippen LogP contribution in [0, 0.1) is 0 Å². The molecule has 0 spiro atoms. The Balaban J connectivity index is 2.21. The average Bonchev–Trinajstić information content (AvgIpc) is 2.32. The van der Waals surface area contributed by atoms with E-state index in [0.717, 1.165) is 4.68 Å². The molecule has 1 aromatic heterocycles. The maximum absolute atomic E-state index is 12.0. The zero-order valence-corrected chi connectivity index (χ0v) is 9.34. The SMILES string of the molecule is Cn1nc(C(=O)N2CCNC(=O)C2)ccc1=O. The highest BCUT2D eigenvalue weighted by molar-refractivity contribution is 5.95. The Hall–Kier alpha value is -2.18. The zero-order valence-electron chi connectivity index (χ0n) is 9.34. The third-order valence-electron chi connectivity index (χ3n) is 2.51. The van der Waals surface area contributed by atoms with Crippen LogP contribution in [0.2, 0.25) is 0 Å². The van der Waals surface area contributed by atoms with Crippen LogP contribution < -0.4 is 10.9 Å². The van der Waals surface area contributed by atoms with Crippen LogP contribution in [-0.2, 0) is 11.8 Å². The second kappa shape index (κ2) is 4.36. The van der Waals surface area contributed by atoms with Crippen molar-refractivity contribution in [3.63, 3.8) is 0 Å². The van der Waals surface area contributed by atoms with E-state index in [4.69, 9.17) is 0 Å². The zero-order chi connectivity index (χ0) is 12.4. The number of nitrogens with zero attached hydrogens (tertiary/aromatic N) is 3. The molecule has 2 rings (SSSR count). The normalized spacial score (nSPS) is 15.6. The number of carbonyl (C=O) groups excluding carboxylic acids is 2. The van der Waals surface area contributed by atoms with E-state index < -0.39 is 0 Å². The fraction of sp³-hybridized carbons (Fsp3) is 0.400. The lowest BCUT2D eigenvalue weighted by Gasteiger charge is -2.26. The lowest BCUT2D eigenvalue weighted by molar-refractivity contribution is -0.123. The Morgan fingerprint density at radius 2 is 2.18 bits per heavy atom. The standard InChI is InChI=1S/C10H12N4O3/c1-13-9(16)3-2-7(12-13)10(17)14-5-4-11-8(15)6-14/h2-3H,4-6H2,1H3,(H,11,15). The van der Waals surface area contributed by atoms with Crippen molar-refractivity contribution in [2.75, 3.05) is 19.6 Å². The van der Waals surface area contributed by atoms with Gasteiger partial charge in [-0.3, -0.25) is 14.4 Å². The highest BCUT2D eigenvalue weighted by Gasteiger charge is 2.23. The van der Waals surface area contributed by atoms with Gasteiger partial charge in [-0.25, -0.2) is 4.68 Å². The number of piperazine rings is 1. The molecule has 0 bridgehead atoms. The summed E-state index contributed by atoms with van der Waals surface area (Å²) in [6, 6.07) is 2.65. The molecule has 7 heteroatoms. The molecule has 1 aliphatic rings. The minimum Gasteiger partial charge on any atom is -0.353 e. The third kappa shape index (κ3) is 2.32. The number of aryl methyl sites for hydroxylation is 1. The molecule has 2 amide bonds. The summed E-state index contributed by atoms with van der Waals surface area (Å²) in [6.07, 6.45) is 0. The molecule has 0 saturated carbocycles. The highest BCUT2D eigenvalue weighted by Crippen LogP contribution is 2.01. The largest absolute Gasteiger partial charge is 0.353 e. The van der Waals surface area contributed by atoms with Crippen LogP contribution in [0.1, 0.15) is 10.5 Å². The molecule has 17 heavy (non-hydrogen) atoms. The first-order chi connectivity index (χ1) is 8.08. The predicted octanol–water partition coefficient (Wildman–Crippen LogP) is -1.65. The fourth-order valence-corrected chi connectivity index (χ4v) is 1.59. The van der Waals surface area contributed by atoms with Crippen LogP contribution in [0.3, 0.4) is 0 Å². The van der Waals surface area contributed by atoms with E-state index in [1.54, 1.807) is 0 Å². The van der Waals surface area contributed by atoms with Gasteiger partial charge >= 0.3 is 0 Å². The van der Waals surface area contributed by atoms with Crippen molar-refractivity contribution in [2.24, 2.45) is 7.05 Å². The van der Waals surface area contributed by atoms with Crippen molar-refractivity contribution in [1.29, 1.82) is 0 Å².